The second-order valence-corrected chi connectivity index (χ2v) is 7.41. The van der Waals surface area contributed by atoms with E-state index in [2.05, 4.69) is 14.9 Å². The molecule has 5 nitrogen and oxygen atoms in total. The van der Waals surface area contributed by atoms with E-state index in [0.29, 0.717) is 5.56 Å². The van der Waals surface area contributed by atoms with Gasteiger partial charge in [0, 0.05) is 24.4 Å². The summed E-state index contributed by atoms with van der Waals surface area (Å²) in [6, 6.07) is 6.45. The Labute approximate surface area is 157 Å². The van der Waals surface area contributed by atoms with E-state index in [1.165, 1.54) is 17.8 Å². The molecular weight excluding hydrogens is 353 g/mol. The van der Waals surface area contributed by atoms with Crippen molar-refractivity contribution in [2.75, 3.05) is 12.4 Å². The Hall–Kier alpha value is -1.86. The molecule has 1 N–H and O–H groups in total. The van der Waals surface area contributed by atoms with Gasteiger partial charge in [-0.05, 0) is 32.8 Å². The summed E-state index contributed by atoms with van der Waals surface area (Å²) in [5.41, 5.74) is 2.56. The summed E-state index contributed by atoms with van der Waals surface area (Å²) in [4.78, 5) is 16.7. The van der Waals surface area contributed by atoms with Crippen LogP contribution in [0.2, 0.25) is 0 Å². The van der Waals surface area contributed by atoms with Crippen LogP contribution in [0.3, 0.4) is 0 Å². The van der Waals surface area contributed by atoms with Gasteiger partial charge in [0.05, 0.1) is 24.1 Å². The zero-order valence-corrected chi connectivity index (χ0v) is 15.9. The van der Waals surface area contributed by atoms with Gasteiger partial charge in [-0.15, -0.1) is 0 Å². The van der Waals surface area contributed by atoms with E-state index in [1.807, 2.05) is 13.8 Å². The summed E-state index contributed by atoms with van der Waals surface area (Å²) < 4.78 is 21.5. The van der Waals surface area contributed by atoms with Gasteiger partial charge in [-0.3, -0.25) is 4.79 Å². The van der Waals surface area contributed by atoms with Gasteiger partial charge in [0.25, 0.3) is 0 Å². The number of hydrogen-bond acceptors (Lipinski definition) is 4. The third-order valence-corrected chi connectivity index (χ3v) is 5.58. The van der Waals surface area contributed by atoms with Crippen molar-refractivity contribution < 1.29 is 13.9 Å². The molecule has 2 aromatic rings. The van der Waals surface area contributed by atoms with E-state index in [-0.39, 0.29) is 30.1 Å². The zero-order valence-electron chi connectivity index (χ0n) is 15.1. The number of carbonyl (C=O) groups is 1. The van der Waals surface area contributed by atoms with Crippen LogP contribution in [0.5, 0.6) is 0 Å². The van der Waals surface area contributed by atoms with Gasteiger partial charge in [-0.1, -0.05) is 30.0 Å². The molecule has 1 unspecified atom stereocenters. The van der Waals surface area contributed by atoms with Crippen LogP contribution in [0.1, 0.15) is 29.8 Å². The highest BCUT2D eigenvalue weighted by Crippen LogP contribution is 2.24. The molecule has 140 valence electrons. The van der Waals surface area contributed by atoms with Crippen LogP contribution in [0, 0.1) is 19.7 Å². The Kier molecular flexibility index (Phi) is 6.32. The number of nitrogens with one attached hydrogen (secondary N) is 1. The normalized spacial score (nSPS) is 16.8. The Bertz CT molecular complexity index is 772. The van der Waals surface area contributed by atoms with E-state index in [0.717, 1.165) is 42.5 Å². The lowest BCUT2D eigenvalue weighted by atomic mass is 10.2. The van der Waals surface area contributed by atoms with Crippen LogP contribution in [-0.2, 0) is 22.6 Å². The molecule has 3 rings (SSSR count). The molecule has 1 aromatic carbocycles. The van der Waals surface area contributed by atoms with E-state index in [4.69, 9.17) is 4.74 Å². The number of rotatable bonds is 7. The number of nitrogens with zero attached hydrogens (tertiary/aromatic N) is 2. The fourth-order valence-electron chi connectivity index (χ4n) is 2.96. The van der Waals surface area contributed by atoms with Crippen molar-refractivity contribution in [1.29, 1.82) is 0 Å². The maximum absolute atomic E-state index is 13.6. The molecule has 0 bridgehead atoms. The second kappa shape index (κ2) is 8.68. The minimum Gasteiger partial charge on any atom is -0.376 e. The molecule has 1 aromatic heterocycles. The first-order chi connectivity index (χ1) is 12.5. The number of ether oxygens (including phenoxy) is 1. The molecule has 0 radical (unpaired) electrons. The first-order valence-corrected chi connectivity index (χ1v) is 9.81. The maximum atomic E-state index is 13.6. The Morgan fingerprint density at radius 2 is 2.23 bits per heavy atom. The number of amides is 1. The lowest BCUT2D eigenvalue weighted by Crippen LogP contribution is -2.25. The Morgan fingerprint density at radius 1 is 1.42 bits per heavy atom. The third-order valence-electron chi connectivity index (χ3n) is 4.60. The smallest absolute Gasteiger partial charge is 0.230 e. The average molecular weight is 377 g/mol. The Morgan fingerprint density at radius 3 is 2.96 bits per heavy atom. The van der Waals surface area contributed by atoms with Gasteiger partial charge >= 0.3 is 0 Å². The second-order valence-electron chi connectivity index (χ2n) is 6.47. The molecule has 1 aliphatic rings. The molecule has 2 heterocycles. The lowest BCUT2D eigenvalue weighted by Gasteiger charge is -2.14. The van der Waals surface area contributed by atoms with Crippen molar-refractivity contribution in [3.8, 4) is 0 Å². The predicted molar refractivity (Wildman–Crippen MR) is 99.6 cm³/mol. The first kappa shape index (κ1) is 18.9. The van der Waals surface area contributed by atoms with E-state index in [9.17, 15) is 9.18 Å². The van der Waals surface area contributed by atoms with Gasteiger partial charge < -0.3 is 14.6 Å². The van der Waals surface area contributed by atoms with Crippen LogP contribution < -0.4 is 5.32 Å². The van der Waals surface area contributed by atoms with Crippen LogP contribution in [0.25, 0.3) is 0 Å². The summed E-state index contributed by atoms with van der Waals surface area (Å²) in [6.45, 7) is 5.79. The van der Waals surface area contributed by atoms with Gasteiger partial charge in [-0.2, -0.15) is 0 Å². The standard InChI is InChI=1S/C19H24FN3O2S/c1-13-14(2)23(11-16-7-5-9-25-16)19(22-13)26-12-18(24)21-10-15-6-3-4-8-17(15)20/h3-4,6,8,16H,5,7,9-12H2,1-2H3,(H,21,24). The van der Waals surface area contributed by atoms with Crippen molar-refractivity contribution in [1.82, 2.24) is 14.9 Å². The molecule has 0 saturated carbocycles. The molecule has 1 atom stereocenters. The largest absolute Gasteiger partial charge is 0.376 e. The fourth-order valence-corrected chi connectivity index (χ4v) is 3.89. The number of benzene rings is 1. The highest BCUT2D eigenvalue weighted by atomic mass is 32.2. The Balaban J connectivity index is 1.56. The van der Waals surface area contributed by atoms with Crippen molar-refractivity contribution in [3.05, 3.63) is 47.0 Å². The molecular formula is C19H24FN3O2S. The molecule has 0 aliphatic carbocycles. The van der Waals surface area contributed by atoms with E-state index >= 15 is 0 Å². The van der Waals surface area contributed by atoms with Crippen molar-refractivity contribution in [2.45, 2.75) is 51.0 Å². The number of aromatic nitrogens is 2. The summed E-state index contributed by atoms with van der Waals surface area (Å²) in [5.74, 6) is -0.199. The SMILES string of the molecule is Cc1nc(SCC(=O)NCc2ccccc2F)n(CC2CCCO2)c1C. The summed E-state index contributed by atoms with van der Waals surface area (Å²) in [5, 5.41) is 3.59. The summed E-state index contributed by atoms with van der Waals surface area (Å²) >= 11 is 1.40. The molecule has 1 fully saturated rings. The first-order valence-electron chi connectivity index (χ1n) is 8.83. The van der Waals surface area contributed by atoms with Crippen molar-refractivity contribution in [2.24, 2.45) is 0 Å². The summed E-state index contributed by atoms with van der Waals surface area (Å²) in [7, 11) is 0. The number of halogens is 1. The third kappa shape index (κ3) is 4.65. The van der Waals surface area contributed by atoms with Gasteiger partial charge in [0.1, 0.15) is 5.82 Å². The van der Waals surface area contributed by atoms with Crippen molar-refractivity contribution >= 4 is 17.7 Å². The maximum Gasteiger partial charge on any atom is 0.230 e. The number of imidazole rings is 1. The van der Waals surface area contributed by atoms with Crippen LogP contribution >= 0.6 is 11.8 Å². The number of carbonyl (C=O) groups excluding carboxylic acids is 1. The number of thioether (sulfide) groups is 1. The highest BCUT2D eigenvalue weighted by Gasteiger charge is 2.20. The number of hydrogen-bond donors (Lipinski definition) is 1. The summed E-state index contributed by atoms with van der Waals surface area (Å²) in [6.07, 6.45) is 2.37. The van der Waals surface area contributed by atoms with Crippen LogP contribution in [0.4, 0.5) is 4.39 Å². The average Bonchev–Trinajstić information content (AvgIpc) is 3.23. The molecule has 0 spiro atoms. The van der Waals surface area contributed by atoms with Gasteiger partial charge in [-0.25, -0.2) is 9.37 Å². The van der Waals surface area contributed by atoms with E-state index in [1.54, 1.807) is 18.2 Å². The predicted octanol–water partition coefficient (Wildman–Crippen LogP) is 3.23. The molecule has 1 saturated heterocycles. The lowest BCUT2D eigenvalue weighted by molar-refractivity contribution is -0.118. The van der Waals surface area contributed by atoms with Crippen LogP contribution in [-0.4, -0.2) is 33.9 Å². The molecule has 26 heavy (non-hydrogen) atoms. The zero-order chi connectivity index (χ0) is 18.5. The highest BCUT2D eigenvalue weighted by molar-refractivity contribution is 7.99. The molecule has 1 amide bonds. The minimum atomic E-state index is -0.307. The fraction of sp³-hybridized carbons (Fsp3) is 0.474. The minimum absolute atomic E-state index is 0.139. The van der Waals surface area contributed by atoms with Crippen LogP contribution in [0.15, 0.2) is 29.4 Å². The van der Waals surface area contributed by atoms with Crippen molar-refractivity contribution in [3.63, 3.8) is 0 Å². The number of aryl methyl sites for hydroxylation is 1. The molecule has 1 aliphatic heterocycles. The monoisotopic (exact) mass is 377 g/mol. The topological polar surface area (TPSA) is 56.2 Å². The molecule has 7 heteroatoms. The quantitative estimate of drug-likeness (QED) is 0.753. The van der Waals surface area contributed by atoms with Gasteiger partial charge in [0.15, 0.2) is 5.16 Å². The van der Waals surface area contributed by atoms with E-state index < -0.39 is 0 Å². The van der Waals surface area contributed by atoms with Gasteiger partial charge in [0.2, 0.25) is 5.91 Å².